The highest BCUT2D eigenvalue weighted by Crippen LogP contribution is 2.22. The van der Waals surface area contributed by atoms with Crippen LogP contribution in [0.15, 0.2) is 83.3 Å². The van der Waals surface area contributed by atoms with E-state index in [0.29, 0.717) is 26.0 Å². The third kappa shape index (κ3) is 8.85. The molecule has 0 spiro atoms. The average Bonchev–Trinajstić information content (AvgIpc) is 3.48. The van der Waals surface area contributed by atoms with Crippen LogP contribution in [0.4, 0.5) is 0 Å². The quantitative estimate of drug-likeness (QED) is 0.236. The third-order valence-corrected chi connectivity index (χ3v) is 7.63. The number of carbonyl (C=O) groups excluding carboxylic acids is 2. The van der Waals surface area contributed by atoms with Gasteiger partial charge in [0.25, 0.3) is 0 Å². The molecule has 3 aromatic carbocycles. The zero-order valence-electron chi connectivity index (χ0n) is 22.5. The molecule has 39 heavy (non-hydrogen) atoms. The summed E-state index contributed by atoms with van der Waals surface area (Å²) in [5, 5.41) is 3.25. The van der Waals surface area contributed by atoms with Gasteiger partial charge < -0.3 is 19.7 Å². The number of benzene rings is 3. The van der Waals surface area contributed by atoms with Crippen LogP contribution in [0.3, 0.4) is 0 Å². The van der Waals surface area contributed by atoms with E-state index in [2.05, 4.69) is 21.2 Å². The predicted octanol–water partition coefficient (Wildman–Crippen LogP) is 6.32. The first-order valence-corrected chi connectivity index (χ1v) is 14.5. The van der Waals surface area contributed by atoms with Gasteiger partial charge in [-0.2, -0.15) is 0 Å². The molecule has 1 atom stereocenters. The largest absolute Gasteiger partial charge is 0.497 e. The molecule has 6 nitrogen and oxygen atoms in total. The van der Waals surface area contributed by atoms with Gasteiger partial charge in [0.15, 0.2) is 0 Å². The van der Waals surface area contributed by atoms with Crippen LogP contribution in [-0.4, -0.2) is 42.5 Å². The zero-order valence-corrected chi connectivity index (χ0v) is 24.1. The van der Waals surface area contributed by atoms with Crippen LogP contribution < -0.4 is 14.8 Å². The SMILES string of the molecule is COc1ccc(OCCCC(=O)N(Cc2ccc(Br)cc2)C(Cc2ccccc2)C(=O)NC2CCCC2)cc1. The lowest BCUT2D eigenvalue weighted by atomic mass is 10.0. The van der Waals surface area contributed by atoms with E-state index < -0.39 is 6.04 Å². The molecule has 0 bridgehead atoms. The lowest BCUT2D eigenvalue weighted by Crippen LogP contribution is -2.52. The second kappa shape index (κ2) is 14.7. The molecule has 4 rings (SSSR count). The summed E-state index contributed by atoms with van der Waals surface area (Å²) >= 11 is 3.49. The second-order valence-electron chi connectivity index (χ2n) is 9.97. The van der Waals surface area contributed by atoms with Crippen LogP contribution in [0.2, 0.25) is 0 Å². The highest BCUT2D eigenvalue weighted by molar-refractivity contribution is 9.10. The molecule has 1 N–H and O–H groups in total. The van der Waals surface area contributed by atoms with Gasteiger partial charge in [0.2, 0.25) is 11.8 Å². The van der Waals surface area contributed by atoms with E-state index in [1.807, 2.05) is 78.9 Å². The first kappa shape index (κ1) is 28.7. The van der Waals surface area contributed by atoms with Crippen molar-refractivity contribution in [2.75, 3.05) is 13.7 Å². The molecule has 1 fully saturated rings. The van der Waals surface area contributed by atoms with Crippen molar-refractivity contribution in [3.63, 3.8) is 0 Å². The molecule has 2 amide bonds. The highest BCUT2D eigenvalue weighted by atomic mass is 79.9. The molecule has 0 saturated heterocycles. The Morgan fingerprint density at radius 1 is 0.923 bits per heavy atom. The average molecular weight is 594 g/mol. The summed E-state index contributed by atoms with van der Waals surface area (Å²) in [6.45, 7) is 0.767. The van der Waals surface area contributed by atoms with Crippen LogP contribution in [-0.2, 0) is 22.6 Å². The van der Waals surface area contributed by atoms with Crippen molar-refractivity contribution in [1.29, 1.82) is 0 Å². The number of rotatable bonds is 13. The molecule has 206 valence electrons. The lowest BCUT2D eigenvalue weighted by Gasteiger charge is -2.32. The predicted molar refractivity (Wildman–Crippen MR) is 157 cm³/mol. The molecule has 1 aliphatic carbocycles. The van der Waals surface area contributed by atoms with E-state index in [0.717, 1.165) is 52.8 Å². The van der Waals surface area contributed by atoms with Crippen molar-refractivity contribution in [2.24, 2.45) is 0 Å². The van der Waals surface area contributed by atoms with Crippen molar-refractivity contribution in [3.8, 4) is 11.5 Å². The van der Waals surface area contributed by atoms with Crippen molar-refractivity contribution in [3.05, 3.63) is 94.5 Å². The number of amides is 2. The Hall–Kier alpha value is -3.32. The smallest absolute Gasteiger partial charge is 0.243 e. The number of nitrogens with zero attached hydrogens (tertiary/aromatic N) is 1. The topological polar surface area (TPSA) is 67.9 Å². The van der Waals surface area contributed by atoms with E-state index in [1.54, 1.807) is 12.0 Å². The monoisotopic (exact) mass is 592 g/mol. The molecule has 0 aromatic heterocycles. The van der Waals surface area contributed by atoms with Gasteiger partial charge in [-0.25, -0.2) is 0 Å². The Kier molecular flexibility index (Phi) is 10.8. The van der Waals surface area contributed by atoms with E-state index >= 15 is 0 Å². The molecule has 0 heterocycles. The summed E-state index contributed by atoms with van der Waals surface area (Å²) in [6.07, 6.45) is 5.54. The molecular formula is C32H37BrN2O4. The number of halogens is 1. The number of methoxy groups -OCH3 is 1. The first-order chi connectivity index (χ1) is 19.0. The maximum absolute atomic E-state index is 13.7. The molecule has 1 unspecified atom stereocenters. The van der Waals surface area contributed by atoms with Crippen LogP contribution in [0.5, 0.6) is 11.5 Å². The van der Waals surface area contributed by atoms with Crippen LogP contribution in [0.25, 0.3) is 0 Å². The number of nitrogens with one attached hydrogen (secondary N) is 1. The fourth-order valence-electron chi connectivity index (χ4n) is 4.94. The van der Waals surface area contributed by atoms with E-state index in [4.69, 9.17) is 9.47 Å². The number of carbonyl (C=O) groups is 2. The minimum atomic E-state index is -0.605. The maximum Gasteiger partial charge on any atom is 0.243 e. The van der Waals surface area contributed by atoms with Gasteiger partial charge in [-0.3, -0.25) is 9.59 Å². The minimum absolute atomic E-state index is 0.0567. The van der Waals surface area contributed by atoms with Gasteiger partial charge in [0.1, 0.15) is 17.5 Å². The summed E-state index contributed by atoms with van der Waals surface area (Å²) < 4.78 is 12.0. The Morgan fingerprint density at radius 3 is 2.26 bits per heavy atom. The minimum Gasteiger partial charge on any atom is -0.497 e. The van der Waals surface area contributed by atoms with Gasteiger partial charge in [0.05, 0.1) is 13.7 Å². The van der Waals surface area contributed by atoms with Gasteiger partial charge in [-0.1, -0.05) is 71.2 Å². The van der Waals surface area contributed by atoms with E-state index in [9.17, 15) is 9.59 Å². The molecule has 7 heteroatoms. The fraction of sp³-hybridized carbons (Fsp3) is 0.375. The summed E-state index contributed by atoms with van der Waals surface area (Å²) in [6, 6.07) is 24.8. The molecule has 1 saturated carbocycles. The number of hydrogen-bond donors (Lipinski definition) is 1. The Labute approximate surface area is 239 Å². The van der Waals surface area contributed by atoms with Crippen molar-refractivity contribution >= 4 is 27.7 Å². The van der Waals surface area contributed by atoms with Gasteiger partial charge in [-0.05, 0) is 66.8 Å². The van der Waals surface area contributed by atoms with E-state index in [1.165, 1.54) is 0 Å². The third-order valence-electron chi connectivity index (χ3n) is 7.10. The Morgan fingerprint density at radius 2 is 1.59 bits per heavy atom. The summed E-state index contributed by atoms with van der Waals surface area (Å²) in [7, 11) is 1.63. The fourth-order valence-corrected chi connectivity index (χ4v) is 5.20. The molecular weight excluding hydrogens is 556 g/mol. The number of ether oxygens (including phenoxy) is 2. The summed E-state index contributed by atoms with van der Waals surface area (Å²) in [4.78, 5) is 29.2. The van der Waals surface area contributed by atoms with Gasteiger partial charge in [-0.15, -0.1) is 0 Å². The Balaban J connectivity index is 1.49. The standard InChI is InChI=1S/C32H37BrN2O4/c1-38-28-17-19-29(20-18-28)39-21-7-12-31(36)35(23-25-13-15-26(33)16-14-25)30(22-24-8-3-2-4-9-24)32(37)34-27-10-5-6-11-27/h2-4,8-9,13-20,27,30H,5-7,10-12,21-23H2,1H3,(H,34,37). The molecule has 1 aliphatic rings. The molecule has 3 aromatic rings. The van der Waals surface area contributed by atoms with E-state index in [-0.39, 0.29) is 24.3 Å². The molecule has 0 aliphatic heterocycles. The van der Waals surface area contributed by atoms with Crippen molar-refractivity contribution < 1.29 is 19.1 Å². The normalized spacial score (nSPS) is 14.0. The highest BCUT2D eigenvalue weighted by Gasteiger charge is 2.32. The summed E-state index contributed by atoms with van der Waals surface area (Å²) in [5.41, 5.74) is 2.01. The van der Waals surface area contributed by atoms with Crippen LogP contribution >= 0.6 is 15.9 Å². The summed E-state index contributed by atoms with van der Waals surface area (Å²) in [5.74, 6) is 1.36. The number of hydrogen-bond acceptors (Lipinski definition) is 4. The Bertz CT molecular complexity index is 1180. The first-order valence-electron chi connectivity index (χ1n) is 13.7. The van der Waals surface area contributed by atoms with Gasteiger partial charge >= 0.3 is 0 Å². The van der Waals surface area contributed by atoms with Crippen molar-refractivity contribution in [1.82, 2.24) is 10.2 Å². The van der Waals surface area contributed by atoms with Crippen LogP contribution in [0.1, 0.15) is 49.7 Å². The lowest BCUT2D eigenvalue weighted by molar-refractivity contribution is -0.141. The van der Waals surface area contributed by atoms with Crippen LogP contribution in [0, 0.1) is 0 Å². The van der Waals surface area contributed by atoms with Crippen molar-refractivity contribution in [2.45, 2.75) is 63.6 Å². The maximum atomic E-state index is 13.7. The van der Waals surface area contributed by atoms with Gasteiger partial charge in [0, 0.05) is 29.9 Å². The zero-order chi connectivity index (χ0) is 27.5. The second-order valence-corrected chi connectivity index (χ2v) is 10.9. The molecule has 0 radical (unpaired) electrons.